The molecule has 102 valence electrons. The first-order chi connectivity index (χ1) is 8.58. The van der Waals surface area contributed by atoms with Gasteiger partial charge in [0, 0.05) is 13.0 Å². The summed E-state index contributed by atoms with van der Waals surface area (Å²) in [4.78, 5) is 16.6. The molecule has 1 aromatic rings. The van der Waals surface area contributed by atoms with Crippen LogP contribution in [0.25, 0.3) is 0 Å². The maximum Gasteiger partial charge on any atom is 0.293 e. The Hall–Kier alpha value is -1.57. The van der Waals surface area contributed by atoms with Crippen LogP contribution < -0.4 is 0 Å². The second kappa shape index (κ2) is 7.00. The van der Waals surface area contributed by atoms with Gasteiger partial charge in [0.15, 0.2) is 0 Å². The Morgan fingerprint density at radius 3 is 2.83 bits per heavy atom. The molecular formula is C10H16F2N4O2. The maximum atomic E-state index is 12.3. The molecule has 1 aromatic heterocycles. The molecular weight excluding hydrogens is 246 g/mol. The molecule has 0 radical (unpaired) electrons. The summed E-state index contributed by atoms with van der Waals surface area (Å²) in [6.07, 6.45) is -1.19. The van der Waals surface area contributed by atoms with Crippen molar-refractivity contribution in [1.29, 1.82) is 0 Å². The monoisotopic (exact) mass is 262 g/mol. The van der Waals surface area contributed by atoms with Crippen molar-refractivity contribution in [3.05, 3.63) is 11.6 Å². The van der Waals surface area contributed by atoms with Crippen molar-refractivity contribution in [2.75, 3.05) is 19.7 Å². The summed E-state index contributed by atoms with van der Waals surface area (Å²) in [5, 5.41) is 15.0. The van der Waals surface area contributed by atoms with Gasteiger partial charge in [0.1, 0.15) is 5.82 Å². The quantitative estimate of drug-likeness (QED) is 0.747. The number of aliphatic hydroxyl groups excluding tert-OH is 1. The van der Waals surface area contributed by atoms with Gasteiger partial charge in [0.25, 0.3) is 12.3 Å². The van der Waals surface area contributed by atoms with E-state index in [9.17, 15) is 13.6 Å². The number of H-pyrrole nitrogens is 1. The van der Waals surface area contributed by atoms with Crippen molar-refractivity contribution in [3.63, 3.8) is 0 Å². The Bertz CT molecular complexity index is 384. The van der Waals surface area contributed by atoms with E-state index in [1.165, 1.54) is 0 Å². The zero-order chi connectivity index (χ0) is 13.5. The third-order valence-corrected chi connectivity index (χ3v) is 2.23. The summed E-state index contributed by atoms with van der Waals surface area (Å²) < 4.78 is 24.6. The van der Waals surface area contributed by atoms with Gasteiger partial charge in [-0.15, -0.1) is 5.10 Å². The number of hydrogen-bond donors (Lipinski definition) is 2. The molecule has 0 fully saturated rings. The smallest absolute Gasteiger partial charge is 0.293 e. The number of nitrogens with one attached hydrogen (secondary N) is 1. The molecule has 8 heteroatoms. The molecule has 2 N–H and O–H groups in total. The first-order valence-electron chi connectivity index (χ1n) is 5.68. The van der Waals surface area contributed by atoms with Crippen LogP contribution in [0.4, 0.5) is 8.78 Å². The zero-order valence-corrected chi connectivity index (χ0v) is 10.1. The number of carbonyl (C=O) groups excluding carboxylic acids is 1. The molecule has 0 aliphatic rings. The number of rotatable bonds is 7. The van der Waals surface area contributed by atoms with Gasteiger partial charge in [0.2, 0.25) is 5.82 Å². The predicted molar refractivity (Wildman–Crippen MR) is 59.4 cm³/mol. The fourth-order valence-electron chi connectivity index (χ4n) is 1.44. The average Bonchev–Trinajstić information content (AvgIpc) is 2.76. The summed E-state index contributed by atoms with van der Waals surface area (Å²) in [5.41, 5.74) is 0. The van der Waals surface area contributed by atoms with Gasteiger partial charge in [-0.1, -0.05) is 6.92 Å². The number of aromatic nitrogens is 3. The van der Waals surface area contributed by atoms with Gasteiger partial charge in [-0.05, 0) is 6.42 Å². The second-order valence-electron chi connectivity index (χ2n) is 3.72. The normalized spacial score (nSPS) is 10.9. The van der Waals surface area contributed by atoms with E-state index in [1.54, 1.807) is 0 Å². The number of carbonyl (C=O) groups is 1. The van der Waals surface area contributed by atoms with E-state index < -0.39 is 18.9 Å². The summed E-state index contributed by atoms with van der Waals surface area (Å²) in [5.74, 6) is -0.308. The van der Waals surface area contributed by atoms with Crippen LogP contribution in [0.15, 0.2) is 0 Å². The zero-order valence-electron chi connectivity index (χ0n) is 10.1. The number of aryl methyl sites for hydroxylation is 1. The number of halogens is 2. The van der Waals surface area contributed by atoms with Gasteiger partial charge >= 0.3 is 0 Å². The molecule has 0 saturated heterocycles. The number of nitrogens with zero attached hydrogens (tertiary/aromatic N) is 3. The maximum absolute atomic E-state index is 12.3. The lowest BCUT2D eigenvalue weighted by molar-refractivity contribution is 0.0499. The van der Waals surface area contributed by atoms with Crippen molar-refractivity contribution in [2.45, 2.75) is 26.2 Å². The van der Waals surface area contributed by atoms with Crippen LogP contribution in [-0.2, 0) is 6.42 Å². The van der Waals surface area contributed by atoms with Gasteiger partial charge in [0.05, 0.1) is 13.2 Å². The molecule has 6 nitrogen and oxygen atoms in total. The van der Waals surface area contributed by atoms with Gasteiger partial charge in [-0.25, -0.2) is 13.8 Å². The fraction of sp³-hybridized carbons (Fsp3) is 0.700. The summed E-state index contributed by atoms with van der Waals surface area (Å²) >= 11 is 0. The highest BCUT2D eigenvalue weighted by atomic mass is 19.3. The Balaban J connectivity index is 2.74. The SMILES string of the molecule is CCCc1nc(C(=O)N(CCO)CC(F)F)n[nH]1. The van der Waals surface area contributed by atoms with Crippen LogP contribution in [0.5, 0.6) is 0 Å². The van der Waals surface area contributed by atoms with Crippen molar-refractivity contribution in [1.82, 2.24) is 20.1 Å². The molecule has 0 aliphatic carbocycles. The van der Waals surface area contributed by atoms with E-state index in [2.05, 4.69) is 15.2 Å². The lowest BCUT2D eigenvalue weighted by Crippen LogP contribution is -2.37. The minimum Gasteiger partial charge on any atom is -0.395 e. The lowest BCUT2D eigenvalue weighted by Gasteiger charge is -2.19. The number of amides is 1. The molecule has 0 atom stereocenters. The number of hydrogen-bond acceptors (Lipinski definition) is 4. The predicted octanol–water partition coefficient (Wildman–Crippen LogP) is 0.457. The van der Waals surface area contributed by atoms with E-state index in [-0.39, 0.29) is 19.0 Å². The molecule has 0 bridgehead atoms. The molecule has 0 aliphatic heterocycles. The highest BCUT2D eigenvalue weighted by Gasteiger charge is 2.22. The molecule has 1 heterocycles. The van der Waals surface area contributed by atoms with Crippen LogP contribution in [0, 0.1) is 0 Å². The standard InChI is InChI=1S/C10H16F2N4O2/c1-2-3-8-13-9(15-14-8)10(18)16(4-5-17)6-7(11)12/h7,17H,2-6H2,1H3,(H,13,14,15). The number of alkyl halides is 2. The highest BCUT2D eigenvalue weighted by Crippen LogP contribution is 2.04. The molecule has 18 heavy (non-hydrogen) atoms. The van der Waals surface area contributed by atoms with E-state index in [0.29, 0.717) is 12.2 Å². The second-order valence-corrected chi connectivity index (χ2v) is 3.72. The number of aliphatic hydroxyl groups is 1. The molecule has 0 unspecified atom stereocenters. The lowest BCUT2D eigenvalue weighted by atomic mass is 10.3. The van der Waals surface area contributed by atoms with E-state index in [1.807, 2.05) is 6.92 Å². The fourth-order valence-corrected chi connectivity index (χ4v) is 1.44. The van der Waals surface area contributed by atoms with Gasteiger partial charge in [-0.3, -0.25) is 9.89 Å². The van der Waals surface area contributed by atoms with E-state index >= 15 is 0 Å². The van der Waals surface area contributed by atoms with Crippen LogP contribution in [-0.4, -0.2) is 57.2 Å². The van der Waals surface area contributed by atoms with Gasteiger partial charge in [-0.2, -0.15) is 0 Å². The van der Waals surface area contributed by atoms with Crippen molar-refractivity contribution >= 4 is 5.91 Å². The van der Waals surface area contributed by atoms with Crippen LogP contribution in [0.3, 0.4) is 0 Å². The summed E-state index contributed by atoms with van der Waals surface area (Å²) in [6, 6.07) is 0. The highest BCUT2D eigenvalue weighted by molar-refractivity contribution is 5.90. The summed E-state index contributed by atoms with van der Waals surface area (Å²) in [6.45, 7) is 0.654. The Kier molecular flexibility index (Phi) is 5.63. The van der Waals surface area contributed by atoms with Crippen molar-refractivity contribution in [2.24, 2.45) is 0 Å². The molecule has 0 aromatic carbocycles. The minimum atomic E-state index is -2.66. The largest absolute Gasteiger partial charge is 0.395 e. The first kappa shape index (κ1) is 14.5. The van der Waals surface area contributed by atoms with Crippen LogP contribution in [0.2, 0.25) is 0 Å². The molecule has 0 spiro atoms. The third kappa shape index (κ3) is 4.02. The van der Waals surface area contributed by atoms with Gasteiger partial charge < -0.3 is 10.0 Å². The van der Waals surface area contributed by atoms with Crippen LogP contribution >= 0.6 is 0 Å². The third-order valence-electron chi connectivity index (χ3n) is 2.23. The van der Waals surface area contributed by atoms with E-state index in [4.69, 9.17) is 5.11 Å². The summed E-state index contributed by atoms with van der Waals surface area (Å²) in [7, 11) is 0. The topological polar surface area (TPSA) is 82.1 Å². The molecule has 0 saturated carbocycles. The molecule has 1 amide bonds. The Labute approximate surface area is 103 Å². The van der Waals surface area contributed by atoms with Crippen molar-refractivity contribution in [3.8, 4) is 0 Å². The Morgan fingerprint density at radius 1 is 1.56 bits per heavy atom. The molecule has 1 rings (SSSR count). The Morgan fingerprint density at radius 2 is 2.28 bits per heavy atom. The number of aromatic amines is 1. The average molecular weight is 262 g/mol. The van der Waals surface area contributed by atoms with Crippen molar-refractivity contribution < 1.29 is 18.7 Å². The first-order valence-corrected chi connectivity index (χ1v) is 5.68. The minimum absolute atomic E-state index is 0.146. The van der Waals surface area contributed by atoms with Crippen LogP contribution in [0.1, 0.15) is 29.8 Å². The van der Waals surface area contributed by atoms with E-state index in [0.717, 1.165) is 11.3 Å².